The summed E-state index contributed by atoms with van der Waals surface area (Å²) in [6.07, 6.45) is 1.59. The average Bonchev–Trinajstić information content (AvgIpc) is 2.50. The molecular formula is C14H20N2O4S. The van der Waals surface area contributed by atoms with Crippen LogP contribution in [0.15, 0.2) is 29.2 Å². The summed E-state index contributed by atoms with van der Waals surface area (Å²) in [5, 5.41) is 13.7. The Bertz CT molecular complexity index is 465. The topological polar surface area (TPSA) is 81.5 Å². The van der Waals surface area contributed by atoms with E-state index < -0.39 is 4.92 Å². The van der Waals surface area contributed by atoms with Gasteiger partial charge in [0.2, 0.25) is 0 Å². The Morgan fingerprint density at radius 3 is 2.62 bits per heavy atom. The summed E-state index contributed by atoms with van der Waals surface area (Å²) in [6, 6.07) is 6.09. The zero-order valence-corrected chi connectivity index (χ0v) is 13.0. The number of thioether (sulfide) groups is 1. The molecule has 1 aromatic rings. The van der Waals surface area contributed by atoms with Crippen molar-refractivity contribution in [3.8, 4) is 0 Å². The summed E-state index contributed by atoms with van der Waals surface area (Å²) in [5.74, 6) is 0.474. The normalized spacial score (nSPS) is 11.9. The van der Waals surface area contributed by atoms with Crippen LogP contribution in [0.2, 0.25) is 0 Å². The smallest absolute Gasteiger partial charge is 0.322 e. The maximum atomic E-state index is 11.6. The SMILES string of the molecule is CCCNC(CCSc1ccc([N+](=O)[O-])cc1)C(=O)OC. The molecule has 1 unspecified atom stereocenters. The van der Waals surface area contributed by atoms with Crippen LogP contribution in [0.1, 0.15) is 19.8 Å². The largest absolute Gasteiger partial charge is 0.468 e. The predicted octanol–water partition coefficient (Wildman–Crippen LogP) is 2.62. The minimum absolute atomic E-state index is 0.0800. The molecule has 1 rings (SSSR count). The van der Waals surface area contributed by atoms with E-state index in [1.165, 1.54) is 19.2 Å². The Labute approximate surface area is 128 Å². The van der Waals surface area contributed by atoms with Gasteiger partial charge in [0.25, 0.3) is 5.69 Å². The summed E-state index contributed by atoms with van der Waals surface area (Å²) in [5.41, 5.74) is 0.0800. The number of nitro benzene ring substituents is 1. The fourth-order valence-electron chi connectivity index (χ4n) is 1.72. The number of nitro groups is 1. The van der Waals surface area contributed by atoms with Crippen LogP contribution >= 0.6 is 11.8 Å². The highest BCUT2D eigenvalue weighted by Crippen LogP contribution is 2.22. The number of rotatable bonds is 9. The van der Waals surface area contributed by atoms with Crippen LogP contribution in [-0.4, -0.2) is 36.3 Å². The second-order valence-electron chi connectivity index (χ2n) is 4.42. The van der Waals surface area contributed by atoms with E-state index in [9.17, 15) is 14.9 Å². The fraction of sp³-hybridized carbons (Fsp3) is 0.500. The quantitative estimate of drug-likeness (QED) is 0.327. The lowest BCUT2D eigenvalue weighted by molar-refractivity contribution is -0.384. The molecule has 0 bridgehead atoms. The second kappa shape index (κ2) is 9.36. The lowest BCUT2D eigenvalue weighted by atomic mass is 10.2. The van der Waals surface area contributed by atoms with Crippen molar-refractivity contribution in [1.82, 2.24) is 5.32 Å². The van der Waals surface area contributed by atoms with Gasteiger partial charge >= 0.3 is 5.97 Å². The Morgan fingerprint density at radius 2 is 2.10 bits per heavy atom. The lowest BCUT2D eigenvalue weighted by Gasteiger charge is -2.15. The Kier molecular flexibility index (Phi) is 7.78. The highest BCUT2D eigenvalue weighted by Gasteiger charge is 2.17. The van der Waals surface area contributed by atoms with Gasteiger partial charge in [-0.3, -0.25) is 14.9 Å². The molecule has 21 heavy (non-hydrogen) atoms. The number of ether oxygens (including phenoxy) is 1. The standard InChI is InChI=1S/C14H20N2O4S/c1-3-9-15-13(14(17)20-2)8-10-21-12-6-4-11(5-7-12)16(18)19/h4-7,13,15H,3,8-10H2,1-2H3. The van der Waals surface area contributed by atoms with Crippen molar-refractivity contribution in [3.63, 3.8) is 0 Å². The zero-order chi connectivity index (χ0) is 15.7. The molecule has 0 aliphatic heterocycles. The molecule has 1 atom stereocenters. The first-order chi connectivity index (χ1) is 10.1. The van der Waals surface area contributed by atoms with Crippen molar-refractivity contribution in [2.75, 3.05) is 19.4 Å². The Hall–Kier alpha value is -1.60. The molecule has 0 amide bonds. The molecule has 0 heterocycles. The van der Waals surface area contributed by atoms with E-state index in [-0.39, 0.29) is 17.7 Å². The van der Waals surface area contributed by atoms with Gasteiger partial charge in [-0.2, -0.15) is 0 Å². The van der Waals surface area contributed by atoms with Crippen molar-refractivity contribution >= 4 is 23.4 Å². The van der Waals surface area contributed by atoms with Gasteiger partial charge in [0, 0.05) is 22.8 Å². The lowest BCUT2D eigenvalue weighted by Crippen LogP contribution is -2.38. The first kappa shape index (κ1) is 17.5. The van der Waals surface area contributed by atoms with Crippen LogP contribution < -0.4 is 5.32 Å². The van der Waals surface area contributed by atoms with Gasteiger partial charge in [0.1, 0.15) is 6.04 Å². The van der Waals surface area contributed by atoms with Crippen molar-refractivity contribution in [2.24, 2.45) is 0 Å². The summed E-state index contributed by atoms with van der Waals surface area (Å²) < 4.78 is 4.77. The van der Waals surface area contributed by atoms with E-state index in [0.717, 1.165) is 23.6 Å². The van der Waals surface area contributed by atoms with E-state index in [1.54, 1.807) is 23.9 Å². The van der Waals surface area contributed by atoms with Gasteiger partial charge in [0.15, 0.2) is 0 Å². The van der Waals surface area contributed by atoms with Crippen LogP contribution in [0.3, 0.4) is 0 Å². The van der Waals surface area contributed by atoms with Crippen LogP contribution in [0, 0.1) is 10.1 Å². The molecular weight excluding hydrogens is 292 g/mol. The van der Waals surface area contributed by atoms with Crippen molar-refractivity contribution in [1.29, 1.82) is 0 Å². The molecule has 0 aliphatic carbocycles. The average molecular weight is 312 g/mol. The molecule has 0 radical (unpaired) electrons. The number of benzene rings is 1. The molecule has 0 aliphatic rings. The number of esters is 1. The maximum absolute atomic E-state index is 11.6. The van der Waals surface area contributed by atoms with Gasteiger partial charge in [-0.15, -0.1) is 11.8 Å². The first-order valence-electron chi connectivity index (χ1n) is 6.77. The fourth-order valence-corrected chi connectivity index (χ4v) is 2.64. The van der Waals surface area contributed by atoms with Gasteiger partial charge < -0.3 is 10.1 Å². The number of carbonyl (C=O) groups is 1. The zero-order valence-electron chi connectivity index (χ0n) is 12.2. The Balaban J connectivity index is 2.45. The number of methoxy groups -OCH3 is 1. The van der Waals surface area contributed by atoms with Gasteiger partial charge in [-0.05, 0) is 31.5 Å². The van der Waals surface area contributed by atoms with E-state index in [2.05, 4.69) is 5.32 Å². The van der Waals surface area contributed by atoms with Crippen LogP contribution in [-0.2, 0) is 9.53 Å². The maximum Gasteiger partial charge on any atom is 0.322 e. The van der Waals surface area contributed by atoms with Gasteiger partial charge in [-0.1, -0.05) is 6.92 Å². The molecule has 7 heteroatoms. The van der Waals surface area contributed by atoms with Crippen molar-refractivity contribution in [3.05, 3.63) is 34.4 Å². The summed E-state index contributed by atoms with van der Waals surface area (Å²) in [6.45, 7) is 2.80. The minimum atomic E-state index is -0.420. The summed E-state index contributed by atoms with van der Waals surface area (Å²) >= 11 is 1.56. The molecule has 0 saturated heterocycles. The number of non-ortho nitro benzene ring substituents is 1. The van der Waals surface area contributed by atoms with Crippen molar-refractivity contribution < 1.29 is 14.5 Å². The number of hydrogen-bond acceptors (Lipinski definition) is 6. The third-order valence-corrected chi connectivity index (χ3v) is 3.89. The highest BCUT2D eigenvalue weighted by molar-refractivity contribution is 7.99. The number of hydrogen-bond donors (Lipinski definition) is 1. The molecule has 6 nitrogen and oxygen atoms in total. The van der Waals surface area contributed by atoms with Crippen LogP contribution in [0.5, 0.6) is 0 Å². The summed E-state index contributed by atoms with van der Waals surface area (Å²) in [7, 11) is 1.38. The van der Waals surface area contributed by atoms with E-state index in [1.807, 2.05) is 6.92 Å². The molecule has 0 fully saturated rings. The van der Waals surface area contributed by atoms with Crippen LogP contribution in [0.4, 0.5) is 5.69 Å². The molecule has 0 aromatic heterocycles. The van der Waals surface area contributed by atoms with Gasteiger partial charge in [-0.25, -0.2) is 0 Å². The molecule has 0 saturated carbocycles. The van der Waals surface area contributed by atoms with Crippen LogP contribution in [0.25, 0.3) is 0 Å². The Morgan fingerprint density at radius 1 is 1.43 bits per heavy atom. The molecule has 1 aromatic carbocycles. The predicted molar refractivity (Wildman–Crippen MR) is 82.5 cm³/mol. The second-order valence-corrected chi connectivity index (χ2v) is 5.59. The number of nitrogens with one attached hydrogen (secondary N) is 1. The van der Waals surface area contributed by atoms with E-state index in [4.69, 9.17) is 4.74 Å². The molecule has 1 N–H and O–H groups in total. The molecule has 116 valence electrons. The highest BCUT2D eigenvalue weighted by atomic mass is 32.2. The number of carbonyl (C=O) groups excluding carboxylic acids is 1. The summed E-state index contributed by atoms with van der Waals surface area (Å²) in [4.78, 5) is 22.7. The first-order valence-corrected chi connectivity index (χ1v) is 7.75. The van der Waals surface area contributed by atoms with Gasteiger partial charge in [0.05, 0.1) is 12.0 Å². The number of nitrogens with zero attached hydrogens (tertiary/aromatic N) is 1. The minimum Gasteiger partial charge on any atom is -0.468 e. The third-order valence-electron chi connectivity index (χ3n) is 2.85. The van der Waals surface area contributed by atoms with E-state index >= 15 is 0 Å². The third kappa shape index (κ3) is 6.14. The van der Waals surface area contributed by atoms with E-state index in [0.29, 0.717) is 6.42 Å². The molecule has 0 spiro atoms. The monoisotopic (exact) mass is 312 g/mol. The van der Waals surface area contributed by atoms with Crippen molar-refractivity contribution in [2.45, 2.75) is 30.7 Å².